The molecule has 0 spiro atoms. The summed E-state index contributed by atoms with van der Waals surface area (Å²) in [5.74, 6) is -0.508. The third-order valence-electron chi connectivity index (χ3n) is 12.7. The highest BCUT2D eigenvalue weighted by Gasteiger charge is 2.24. The van der Waals surface area contributed by atoms with Crippen LogP contribution in [0.2, 0.25) is 0 Å². The predicted molar refractivity (Wildman–Crippen MR) is 294 cm³/mol. The molecule has 432 valence electrons. The average Bonchev–Trinajstić information content (AvgIpc) is 3.34. The van der Waals surface area contributed by atoms with Crippen molar-refractivity contribution in [3.63, 3.8) is 0 Å². The second-order valence-corrected chi connectivity index (χ2v) is 20.6. The predicted octanol–water partition coefficient (Wildman–Crippen LogP) is 12.9. The van der Waals surface area contributed by atoms with Gasteiger partial charge in [0.05, 0.1) is 11.8 Å². The third-order valence-corrected chi connectivity index (χ3v) is 12.7. The molecule has 0 aromatic heterocycles. The van der Waals surface area contributed by atoms with Gasteiger partial charge in [0.2, 0.25) is 0 Å². The molecule has 0 radical (unpaired) electrons. The van der Waals surface area contributed by atoms with E-state index in [1.165, 1.54) is 51.4 Å². The highest BCUT2D eigenvalue weighted by molar-refractivity contribution is 5.73. The number of ether oxygens (including phenoxy) is 4. The summed E-state index contributed by atoms with van der Waals surface area (Å²) in [6.45, 7) is 19.2. The number of unbranched alkanes of at least 4 members (excludes halogenated alkanes) is 14. The first-order chi connectivity index (χ1) is 35.0. The highest BCUT2D eigenvalue weighted by Crippen LogP contribution is 2.21. The molecule has 0 aliphatic carbocycles. The van der Waals surface area contributed by atoms with E-state index in [0.29, 0.717) is 57.0 Å². The van der Waals surface area contributed by atoms with Gasteiger partial charge in [0.1, 0.15) is 31.7 Å². The molecule has 0 aliphatic heterocycles. The summed E-state index contributed by atoms with van der Waals surface area (Å²) in [6.07, 6.45) is 28.5. The zero-order chi connectivity index (χ0) is 55.9. The second-order valence-electron chi connectivity index (χ2n) is 20.6. The van der Waals surface area contributed by atoms with Crippen molar-refractivity contribution in [1.29, 1.82) is 0 Å². The molecule has 15 nitrogen and oxygen atoms in total. The second kappa shape index (κ2) is 57.7. The summed E-state index contributed by atoms with van der Waals surface area (Å²) in [5.41, 5.74) is 0. The van der Waals surface area contributed by atoms with Crippen LogP contribution in [-0.4, -0.2) is 129 Å². The van der Waals surface area contributed by atoms with Gasteiger partial charge in [-0.1, -0.05) is 171 Å². The van der Waals surface area contributed by atoms with Crippen molar-refractivity contribution in [2.75, 3.05) is 54.0 Å². The Morgan fingerprint density at radius 2 is 0.808 bits per heavy atom. The Hall–Kier alpha value is -3.59. The lowest BCUT2D eigenvalue weighted by Crippen LogP contribution is -2.29. The molecule has 0 saturated heterocycles. The van der Waals surface area contributed by atoms with Crippen LogP contribution in [0.5, 0.6) is 0 Å². The van der Waals surface area contributed by atoms with Gasteiger partial charge >= 0.3 is 23.9 Å². The van der Waals surface area contributed by atoms with E-state index < -0.39 is 12.2 Å². The van der Waals surface area contributed by atoms with E-state index in [9.17, 15) is 24.0 Å². The number of esters is 4. The lowest BCUT2D eigenvalue weighted by Gasteiger charge is -2.23. The Kier molecular flexibility index (Phi) is 60.0. The third kappa shape index (κ3) is 57.5. The van der Waals surface area contributed by atoms with Crippen molar-refractivity contribution in [1.82, 2.24) is 9.80 Å². The minimum Gasteiger partial charge on any atom is -0.483 e. The number of hydrogen-bond donors (Lipinski definition) is 2. The number of carbonyl (C=O) groups excluding carboxylic acids is 5. The fraction of sp³-hybridized carbons (Fsp3) is 0.879. The Labute approximate surface area is 445 Å². The van der Waals surface area contributed by atoms with Gasteiger partial charge in [-0.25, -0.2) is 0 Å². The first-order valence-electron chi connectivity index (χ1n) is 28.6. The molecule has 0 aliphatic rings. The van der Waals surface area contributed by atoms with Crippen LogP contribution in [0.25, 0.3) is 0 Å². The van der Waals surface area contributed by atoms with Crippen LogP contribution in [0, 0.1) is 23.7 Å². The number of hydrogen-bond acceptors (Lipinski definition) is 13. The maximum Gasteiger partial charge on any atom is 0.308 e. The van der Waals surface area contributed by atoms with Crippen molar-refractivity contribution >= 4 is 43.1 Å². The Bertz CT molecular complexity index is 1200. The number of carbonyl (C=O) groups is 7. The van der Waals surface area contributed by atoms with Crippen LogP contribution in [0.4, 0.5) is 0 Å². The van der Waals surface area contributed by atoms with Gasteiger partial charge < -0.3 is 43.8 Å². The Morgan fingerprint density at radius 3 is 1.12 bits per heavy atom. The SMILES string of the molecule is CCCCCCC(C)CC(COC(=O)C(C)CCCCCC)OC(=O)CCCN(C)CCCC(=O)OC(COC(=O)C(C)CCCCCC)CC(C)CCCCCC.CN(C)CCCCC=O.O=CO.O=CO. The van der Waals surface area contributed by atoms with E-state index in [4.69, 9.17) is 38.7 Å². The van der Waals surface area contributed by atoms with Crippen molar-refractivity contribution in [3.05, 3.63) is 0 Å². The van der Waals surface area contributed by atoms with Gasteiger partial charge in [0, 0.05) is 19.3 Å². The first-order valence-corrected chi connectivity index (χ1v) is 28.6. The number of carboxylic acid groups (broad SMARTS) is 2. The van der Waals surface area contributed by atoms with Crippen molar-refractivity contribution in [2.24, 2.45) is 23.7 Å². The van der Waals surface area contributed by atoms with Gasteiger partial charge in [0.15, 0.2) is 0 Å². The maximum atomic E-state index is 13.0. The number of nitrogens with zero attached hydrogens (tertiary/aromatic N) is 2. The van der Waals surface area contributed by atoms with E-state index in [2.05, 4.69) is 51.3 Å². The summed E-state index contributed by atoms with van der Waals surface area (Å²) in [5, 5.41) is 13.8. The molecule has 0 saturated carbocycles. The molecule has 0 rings (SSSR count). The van der Waals surface area contributed by atoms with Crippen molar-refractivity contribution in [3.8, 4) is 0 Å². The van der Waals surface area contributed by atoms with E-state index in [1.54, 1.807) is 0 Å². The molecule has 73 heavy (non-hydrogen) atoms. The fourth-order valence-corrected chi connectivity index (χ4v) is 8.14. The summed E-state index contributed by atoms with van der Waals surface area (Å²) in [7, 11) is 6.08. The molecule has 0 aromatic rings. The average molecular weight is 1050 g/mol. The molecule has 15 heteroatoms. The smallest absolute Gasteiger partial charge is 0.308 e. The largest absolute Gasteiger partial charge is 0.483 e. The van der Waals surface area contributed by atoms with Crippen LogP contribution in [-0.2, 0) is 52.5 Å². The first kappa shape index (κ1) is 75.9. The van der Waals surface area contributed by atoms with E-state index in [-0.39, 0.29) is 74.7 Å². The Morgan fingerprint density at radius 1 is 0.466 bits per heavy atom. The van der Waals surface area contributed by atoms with Gasteiger partial charge in [0.25, 0.3) is 12.9 Å². The van der Waals surface area contributed by atoms with Gasteiger partial charge in [-0.3, -0.25) is 28.8 Å². The van der Waals surface area contributed by atoms with E-state index in [1.807, 2.05) is 35.0 Å². The molecular formula is C58H112N2O13. The number of aldehydes is 1. The molecule has 0 fully saturated rings. The summed E-state index contributed by atoms with van der Waals surface area (Å²) < 4.78 is 23.3. The van der Waals surface area contributed by atoms with Crippen LogP contribution in [0.3, 0.4) is 0 Å². The van der Waals surface area contributed by atoms with E-state index >= 15 is 0 Å². The molecule has 0 amide bonds. The topological polar surface area (TPSA) is 203 Å². The van der Waals surface area contributed by atoms with Crippen LogP contribution in [0.15, 0.2) is 0 Å². The standard InChI is InChI=1S/C49H93NO8.C7H15NO.2CH2O2/c1-10-14-18-22-28-40(5)36-44(38-55-48(53)42(7)30-24-20-16-12-3)57-46(51)32-26-34-50(9)35-27-33-47(52)58-45(37-41(6)29-23-19-15-11-2)39-56-49(54)43(8)31-25-21-17-13-4;1-8(2)6-4-3-5-7-9;2*2-1-3/h40-45H,10-39H2,1-9H3;7H,3-6H2,1-2H3;2*1H,(H,2,3). The molecule has 6 atom stereocenters. The minimum absolute atomic E-state index is 0.110. The highest BCUT2D eigenvalue weighted by atomic mass is 16.6. The zero-order valence-corrected chi connectivity index (χ0v) is 48.5. The Balaban J connectivity index is -0.00000137. The molecule has 0 aromatic carbocycles. The zero-order valence-electron chi connectivity index (χ0n) is 48.5. The van der Waals surface area contributed by atoms with Crippen LogP contribution in [0.1, 0.15) is 242 Å². The van der Waals surface area contributed by atoms with Crippen LogP contribution < -0.4 is 0 Å². The molecular weight excluding hydrogens is 933 g/mol. The summed E-state index contributed by atoms with van der Waals surface area (Å²) >= 11 is 0. The maximum absolute atomic E-state index is 13.0. The molecule has 0 bridgehead atoms. The molecule has 2 N–H and O–H groups in total. The summed E-state index contributed by atoms with van der Waals surface area (Å²) in [6, 6.07) is 0. The van der Waals surface area contributed by atoms with Gasteiger partial charge in [-0.15, -0.1) is 0 Å². The van der Waals surface area contributed by atoms with Gasteiger partial charge in [-0.05, 0) is 104 Å². The molecule has 0 heterocycles. The van der Waals surface area contributed by atoms with E-state index in [0.717, 1.165) is 103 Å². The lowest BCUT2D eigenvalue weighted by atomic mass is 9.96. The van der Waals surface area contributed by atoms with Crippen molar-refractivity contribution in [2.45, 2.75) is 254 Å². The monoisotopic (exact) mass is 1040 g/mol. The quantitative estimate of drug-likeness (QED) is 0.0252. The van der Waals surface area contributed by atoms with Gasteiger partial charge in [-0.2, -0.15) is 0 Å². The minimum atomic E-state index is -0.441. The van der Waals surface area contributed by atoms with Crippen molar-refractivity contribution < 1.29 is 62.7 Å². The lowest BCUT2D eigenvalue weighted by molar-refractivity contribution is -0.162. The normalized spacial score (nSPS) is 13.2. The number of rotatable bonds is 45. The molecule has 6 unspecified atom stereocenters. The van der Waals surface area contributed by atoms with Crippen LogP contribution >= 0.6 is 0 Å². The fourth-order valence-electron chi connectivity index (χ4n) is 8.14. The summed E-state index contributed by atoms with van der Waals surface area (Å²) in [4.78, 5) is 82.3.